The summed E-state index contributed by atoms with van der Waals surface area (Å²) in [4.78, 5) is 13.2. The molecule has 0 radical (unpaired) electrons. The number of benzene rings is 2. The minimum Gasteiger partial charge on any atom is -0.267 e. The maximum absolute atomic E-state index is 12.5. The molecule has 7 heteroatoms. The van der Waals surface area contributed by atoms with E-state index in [0.29, 0.717) is 38.5 Å². The van der Waals surface area contributed by atoms with Crippen LogP contribution in [0.25, 0.3) is 16.9 Å². The summed E-state index contributed by atoms with van der Waals surface area (Å²) in [5.74, 6) is 0.437. The molecule has 1 aliphatic rings. The molecule has 1 aromatic heterocycles. The van der Waals surface area contributed by atoms with Gasteiger partial charge in [0.25, 0.3) is 5.56 Å². The van der Waals surface area contributed by atoms with Gasteiger partial charge >= 0.3 is 0 Å². The molecule has 1 unspecified atom stereocenters. The van der Waals surface area contributed by atoms with Crippen LogP contribution in [0.2, 0.25) is 10.0 Å². The number of aryl methyl sites for hydroxylation is 1. The fourth-order valence-corrected chi connectivity index (χ4v) is 4.53. The van der Waals surface area contributed by atoms with Crippen LogP contribution in [0.1, 0.15) is 5.56 Å². The van der Waals surface area contributed by atoms with E-state index in [1.54, 1.807) is 42.5 Å². The van der Waals surface area contributed by atoms with E-state index in [1.807, 2.05) is 6.07 Å². The lowest BCUT2D eigenvalue weighted by Gasteiger charge is -2.11. The van der Waals surface area contributed by atoms with Gasteiger partial charge in [-0.25, -0.2) is 0 Å². The van der Waals surface area contributed by atoms with Gasteiger partial charge in [0.2, 0.25) is 0 Å². The van der Waals surface area contributed by atoms with Crippen molar-refractivity contribution in [2.24, 2.45) is 0 Å². The van der Waals surface area contributed by atoms with Crippen LogP contribution in [-0.4, -0.2) is 19.7 Å². The van der Waals surface area contributed by atoms with Crippen molar-refractivity contribution < 1.29 is 4.21 Å². The molecule has 0 aliphatic carbocycles. The zero-order valence-electron chi connectivity index (χ0n) is 12.9. The normalized spacial score (nSPS) is 16.0. The van der Waals surface area contributed by atoms with E-state index < -0.39 is 10.8 Å². The van der Waals surface area contributed by atoms with Crippen LogP contribution in [-0.2, 0) is 17.2 Å². The highest BCUT2D eigenvalue weighted by Crippen LogP contribution is 2.33. The van der Waals surface area contributed by atoms with Crippen LogP contribution >= 0.6 is 23.2 Å². The molecule has 0 bridgehead atoms. The van der Waals surface area contributed by atoms with Gasteiger partial charge in [-0.15, -0.1) is 0 Å². The number of hydrogen-bond acceptors (Lipinski definition) is 3. The molecule has 4 nitrogen and oxygen atoms in total. The number of aromatic nitrogens is 2. The molecule has 0 spiro atoms. The van der Waals surface area contributed by atoms with Crippen molar-refractivity contribution >= 4 is 34.0 Å². The Morgan fingerprint density at radius 2 is 1.72 bits per heavy atom. The van der Waals surface area contributed by atoms with E-state index in [-0.39, 0.29) is 5.56 Å². The largest absolute Gasteiger partial charge is 0.271 e. The molecule has 1 atom stereocenters. The highest BCUT2D eigenvalue weighted by molar-refractivity contribution is 7.85. The smallest absolute Gasteiger partial charge is 0.267 e. The first-order chi connectivity index (χ1) is 12.0. The average Bonchev–Trinajstić information content (AvgIpc) is 2.72. The van der Waals surface area contributed by atoms with Crippen LogP contribution < -0.4 is 5.56 Å². The molecular formula is C18H12Cl2N2O2S. The summed E-state index contributed by atoms with van der Waals surface area (Å²) in [6.07, 6.45) is 0.526. The van der Waals surface area contributed by atoms with Crippen molar-refractivity contribution in [3.63, 3.8) is 0 Å². The van der Waals surface area contributed by atoms with Crippen molar-refractivity contribution in [1.82, 2.24) is 9.78 Å². The van der Waals surface area contributed by atoms with Gasteiger partial charge in [-0.3, -0.25) is 9.00 Å². The van der Waals surface area contributed by atoms with E-state index in [2.05, 4.69) is 5.10 Å². The van der Waals surface area contributed by atoms with Gasteiger partial charge in [0.05, 0.1) is 22.2 Å². The third-order valence-electron chi connectivity index (χ3n) is 4.08. The van der Waals surface area contributed by atoms with Gasteiger partial charge in [-0.05, 0) is 48.4 Å². The topological polar surface area (TPSA) is 52.0 Å². The van der Waals surface area contributed by atoms with Gasteiger partial charge in [0.15, 0.2) is 0 Å². The standard InChI is InChI=1S/C18H12Cl2N2O2S/c19-12-1-4-14(5-2-12)22-17(23)9-11-7-8-25(24)16-10-13(20)3-6-15(16)18(11)21-22/h1-6,9-10H,7-8H2. The molecular weight excluding hydrogens is 379 g/mol. The zero-order valence-corrected chi connectivity index (χ0v) is 15.2. The molecule has 0 N–H and O–H groups in total. The molecule has 1 aliphatic heterocycles. The molecule has 0 amide bonds. The highest BCUT2D eigenvalue weighted by atomic mass is 35.5. The first-order valence-corrected chi connectivity index (χ1v) is 9.68. The lowest BCUT2D eigenvalue weighted by molar-refractivity contribution is 0.683. The van der Waals surface area contributed by atoms with E-state index in [1.165, 1.54) is 4.68 Å². The number of rotatable bonds is 1. The predicted molar refractivity (Wildman–Crippen MR) is 100 cm³/mol. The maximum Gasteiger partial charge on any atom is 0.271 e. The summed E-state index contributed by atoms with van der Waals surface area (Å²) in [5.41, 5.74) is 2.59. The minimum atomic E-state index is -1.18. The lowest BCUT2D eigenvalue weighted by atomic mass is 10.0. The first kappa shape index (κ1) is 16.5. The number of halogens is 2. The first-order valence-electron chi connectivity index (χ1n) is 7.60. The van der Waals surface area contributed by atoms with Crippen LogP contribution in [0.4, 0.5) is 0 Å². The second-order valence-electron chi connectivity index (χ2n) is 5.68. The summed E-state index contributed by atoms with van der Waals surface area (Å²) < 4.78 is 13.9. The Balaban J connectivity index is 1.97. The van der Waals surface area contributed by atoms with Crippen LogP contribution in [0.15, 0.2) is 58.2 Å². The van der Waals surface area contributed by atoms with Crippen molar-refractivity contribution in [2.75, 3.05) is 5.75 Å². The Hall–Kier alpha value is -1.95. The molecule has 2 heterocycles. The predicted octanol–water partition coefficient (Wildman–Crippen LogP) is 3.87. The second-order valence-corrected chi connectivity index (χ2v) is 8.10. The van der Waals surface area contributed by atoms with Crippen LogP contribution in [0, 0.1) is 0 Å². The summed E-state index contributed by atoms with van der Waals surface area (Å²) in [5, 5.41) is 5.68. The van der Waals surface area contributed by atoms with E-state index in [0.717, 1.165) is 11.1 Å². The molecule has 4 rings (SSSR count). The van der Waals surface area contributed by atoms with E-state index >= 15 is 0 Å². The Kier molecular flexibility index (Phi) is 4.23. The second kappa shape index (κ2) is 6.41. The Morgan fingerprint density at radius 3 is 2.48 bits per heavy atom. The number of nitrogens with zero attached hydrogens (tertiary/aromatic N) is 2. The van der Waals surface area contributed by atoms with Crippen molar-refractivity contribution in [3.05, 3.63) is 74.5 Å². The van der Waals surface area contributed by atoms with Gasteiger partial charge in [-0.1, -0.05) is 29.3 Å². The van der Waals surface area contributed by atoms with Gasteiger partial charge < -0.3 is 0 Å². The minimum absolute atomic E-state index is 0.232. The van der Waals surface area contributed by atoms with Crippen LogP contribution in [0.3, 0.4) is 0 Å². The average molecular weight is 391 g/mol. The molecule has 0 saturated heterocycles. The molecule has 0 saturated carbocycles. The lowest BCUT2D eigenvalue weighted by Crippen LogP contribution is -2.22. The molecule has 0 fully saturated rings. The SMILES string of the molecule is O=c1cc2c(nn1-c1ccc(Cl)cc1)-c1ccc(Cl)cc1S(=O)CC2. The fraction of sp³-hybridized carbons (Fsp3) is 0.111. The van der Waals surface area contributed by atoms with Gasteiger partial charge in [0, 0.05) is 32.3 Å². The monoisotopic (exact) mass is 390 g/mol. The Bertz CT molecular complexity index is 1060. The number of fused-ring (bicyclic) bond motifs is 3. The highest BCUT2D eigenvalue weighted by Gasteiger charge is 2.22. The third kappa shape index (κ3) is 3.03. The fourth-order valence-electron chi connectivity index (χ4n) is 2.87. The van der Waals surface area contributed by atoms with Crippen molar-refractivity contribution in [1.29, 1.82) is 0 Å². The molecule has 2 aromatic carbocycles. The summed E-state index contributed by atoms with van der Waals surface area (Å²) >= 11 is 12.0. The van der Waals surface area contributed by atoms with Crippen LogP contribution in [0.5, 0.6) is 0 Å². The summed E-state index contributed by atoms with van der Waals surface area (Å²) in [6.45, 7) is 0. The quantitative estimate of drug-likeness (QED) is 0.633. The maximum atomic E-state index is 12.5. The van der Waals surface area contributed by atoms with Gasteiger partial charge in [-0.2, -0.15) is 9.78 Å². The third-order valence-corrected chi connectivity index (χ3v) is 5.97. The van der Waals surface area contributed by atoms with E-state index in [4.69, 9.17) is 23.2 Å². The molecule has 126 valence electrons. The Labute approximate surface area is 156 Å². The number of hydrogen-bond donors (Lipinski definition) is 0. The summed E-state index contributed by atoms with van der Waals surface area (Å²) in [6, 6.07) is 13.7. The van der Waals surface area contributed by atoms with E-state index in [9.17, 15) is 9.00 Å². The molecule has 25 heavy (non-hydrogen) atoms. The van der Waals surface area contributed by atoms with Crippen molar-refractivity contribution in [3.8, 4) is 16.9 Å². The van der Waals surface area contributed by atoms with Gasteiger partial charge in [0.1, 0.15) is 0 Å². The zero-order chi connectivity index (χ0) is 17.6. The summed E-state index contributed by atoms with van der Waals surface area (Å²) in [7, 11) is -1.18. The molecule has 3 aromatic rings. The van der Waals surface area contributed by atoms with Crippen molar-refractivity contribution in [2.45, 2.75) is 11.3 Å². The Morgan fingerprint density at radius 1 is 1.00 bits per heavy atom.